The first-order valence-electron chi connectivity index (χ1n) is 27.2. The van der Waals surface area contributed by atoms with Gasteiger partial charge in [-0.05, 0) is 64.2 Å². The summed E-state index contributed by atoms with van der Waals surface area (Å²) in [6, 6.07) is -1.18. The lowest BCUT2D eigenvalue weighted by atomic mass is 9.98. The summed E-state index contributed by atoms with van der Waals surface area (Å²) in [5, 5.41) is 75.5. The molecule has 0 bridgehead atoms. The summed E-state index contributed by atoms with van der Waals surface area (Å²) >= 11 is 0. The molecule has 0 aromatic carbocycles. The van der Waals surface area contributed by atoms with Gasteiger partial charge in [0.15, 0.2) is 6.29 Å². The van der Waals surface area contributed by atoms with Gasteiger partial charge in [-0.15, -0.1) is 0 Å². The molecule has 1 aliphatic heterocycles. The van der Waals surface area contributed by atoms with Crippen LogP contribution in [0.25, 0.3) is 0 Å². The zero-order chi connectivity index (χ0) is 47.6. The topological polar surface area (TPSA) is 189 Å². The van der Waals surface area contributed by atoms with Crippen molar-refractivity contribution in [3.63, 3.8) is 0 Å². The highest BCUT2D eigenvalue weighted by atomic mass is 16.7. The van der Waals surface area contributed by atoms with Crippen molar-refractivity contribution in [1.29, 1.82) is 0 Å². The molecule has 1 heterocycles. The Morgan fingerprint density at radius 1 is 0.523 bits per heavy atom. The van der Waals surface area contributed by atoms with Gasteiger partial charge in [-0.25, -0.2) is 0 Å². The number of carbonyl (C=O) groups is 1. The highest BCUT2D eigenvalue weighted by Gasteiger charge is 2.44. The van der Waals surface area contributed by atoms with Gasteiger partial charge in [0, 0.05) is 0 Å². The van der Waals surface area contributed by atoms with Gasteiger partial charge in [-0.2, -0.15) is 0 Å². The first-order valence-corrected chi connectivity index (χ1v) is 27.2. The van der Waals surface area contributed by atoms with E-state index in [9.17, 15) is 40.5 Å². The number of rotatable bonds is 46. The molecule has 0 saturated carbocycles. The van der Waals surface area contributed by atoms with Gasteiger partial charge in [0.25, 0.3) is 0 Å². The largest absolute Gasteiger partial charge is 0.394 e. The number of amides is 1. The molecular formula is C54H103NO10. The van der Waals surface area contributed by atoms with Crippen LogP contribution < -0.4 is 5.32 Å². The van der Waals surface area contributed by atoms with Crippen LogP contribution in [0.2, 0.25) is 0 Å². The van der Waals surface area contributed by atoms with Crippen LogP contribution in [0.4, 0.5) is 0 Å². The van der Waals surface area contributed by atoms with Crippen molar-refractivity contribution in [2.24, 2.45) is 0 Å². The third-order valence-corrected chi connectivity index (χ3v) is 13.2. The number of ether oxygens (including phenoxy) is 2. The number of aliphatic hydroxyl groups excluding tert-OH is 7. The SMILES string of the molecule is CCCCC/C=C/CCCC(O)C(O)C(COC1OC(CO)C(O)C(O)C1O)NC(=O)C(O)CCCCCCCCCCCCCCCC/C=C\CCCCCCCCCCCCCC. The Kier molecular flexibility index (Phi) is 41.6. The van der Waals surface area contributed by atoms with E-state index in [4.69, 9.17) is 9.47 Å². The van der Waals surface area contributed by atoms with E-state index in [0.717, 1.165) is 44.9 Å². The quantitative estimate of drug-likeness (QED) is 0.0216. The van der Waals surface area contributed by atoms with E-state index in [-0.39, 0.29) is 12.8 Å². The summed E-state index contributed by atoms with van der Waals surface area (Å²) in [6.45, 7) is 3.37. The van der Waals surface area contributed by atoms with Crippen LogP contribution >= 0.6 is 0 Å². The second-order valence-electron chi connectivity index (χ2n) is 19.3. The minimum Gasteiger partial charge on any atom is -0.394 e. The molecule has 1 rings (SSSR count). The zero-order valence-electron chi connectivity index (χ0n) is 41.7. The van der Waals surface area contributed by atoms with Crippen molar-refractivity contribution >= 4 is 5.91 Å². The molecular weight excluding hydrogens is 823 g/mol. The van der Waals surface area contributed by atoms with Crippen molar-refractivity contribution in [2.45, 2.75) is 300 Å². The number of hydrogen-bond acceptors (Lipinski definition) is 10. The van der Waals surface area contributed by atoms with Crippen LogP contribution in [0.1, 0.15) is 245 Å². The van der Waals surface area contributed by atoms with E-state index in [0.29, 0.717) is 12.8 Å². The van der Waals surface area contributed by atoms with E-state index in [1.54, 1.807) is 0 Å². The first kappa shape index (κ1) is 61.6. The summed E-state index contributed by atoms with van der Waals surface area (Å²) in [7, 11) is 0. The molecule has 0 spiro atoms. The average molecular weight is 926 g/mol. The number of carbonyl (C=O) groups excluding carboxylic acids is 1. The highest BCUT2D eigenvalue weighted by Crippen LogP contribution is 2.23. The van der Waals surface area contributed by atoms with Crippen LogP contribution in [-0.4, -0.2) is 110 Å². The lowest BCUT2D eigenvalue weighted by Gasteiger charge is -2.40. The molecule has 0 radical (unpaired) electrons. The fourth-order valence-corrected chi connectivity index (χ4v) is 8.73. The Labute approximate surface area is 397 Å². The molecule has 65 heavy (non-hydrogen) atoms. The van der Waals surface area contributed by atoms with E-state index >= 15 is 0 Å². The summed E-state index contributed by atoms with van der Waals surface area (Å²) in [4.78, 5) is 13.1. The second-order valence-corrected chi connectivity index (χ2v) is 19.3. The molecule has 9 atom stereocenters. The number of allylic oxidation sites excluding steroid dienone is 4. The van der Waals surface area contributed by atoms with Gasteiger partial charge in [-0.1, -0.05) is 205 Å². The van der Waals surface area contributed by atoms with Crippen LogP contribution in [-0.2, 0) is 14.3 Å². The van der Waals surface area contributed by atoms with Gasteiger partial charge >= 0.3 is 0 Å². The molecule has 0 aromatic heterocycles. The average Bonchev–Trinajstić information content (AvgIpc) is 3.31. The van der Waals surface area contributed by atoms with E-state index < -0.39 is 74.2 Å². The number of nitrogens with one attached hydrogen (secondary N) is 1. The fourth-order valence-electron chi connectivity index (χ4n) is 8.73. The minimum absolute atomic E-state index is 0.256. The Morgan fingerprint density at radius 3 is 1.35 bits per heavy atom. The van der Waals surface area contributed by atoms with Crippen molar-refractivity contribution in [1.82, 2.24) is 5.32 Å². The Morgan fingerprint density at radius 2 is 0.908 bits per heavy atom. The third kappa shape index (κ3) is 32.9. The lowest BCUT2D eigenvalue weighted by Crippen LogP contribution is -2.60. The Bertz CT molecular complexity index is 1110. The van der Waals surface area contributed by atoms with Crippen LogP contribution in [0, 0.1) is 0 Å². The Balaban J connectivity index is 2.18. The van der Waals surface area contributed by atoms with Crippen molar-refractivity contribution < 1.29 is 50.0 Å². The monoisotopic (exact) mass is 926 g/mol. The van der Waals surface area contributed by atoms with Crippen LogP contribution in [0.15, 0.2) is 24.3 Å². The molecule has 0 aliphatic carbocycles. The van der Waals surface area contributed by atoms with Crippen molar-refractivity contribution in [3.05, 3.63) is 24.3 Å². The molecule has 1 aliphatic rings. The van der Waals surface area contributed by atoms with Gasteiger partial charge in [0.1, 0.15) is 36.6 Å². The molecule has 11 nitrogen and oxygen atoms in total. The molecule has 1 fully saturated rings. The predicted octanol–water partition coefficient (Wildman–Crippen LogP) is 10.6. The highest BCUT2D eigenvalue weighted by molar-refractivity contribution is 5.80. The van der Waals surface area contributed by atoms with E-state index in [1.165, 1.54) is 161 Å². The summed E-state index contributed by atoms with van der Waals surface area (Å²) in [5.74, 6) is -0.707. The van der Waals surface area contributed by atoms with Gasteiger partial charge in [-0.3, -0.25) is 4.79 Å². The van der Waals surface area contributed by atoms with E-state index in [1.807, 2.05) is 0 Å². The van der Waals surface area contributed by atoms with Crippen LogP contribution in [0.5, 0.6) is 0 Å². The molecule has 1 saturated heterocycles. The smallest absolute Gasteiger partial charge is 0.249 e. The zero-order valence-corrected chi connectivity index (χ0v) is 41.7. The maximum absolute atomic E-state index is 13.1. The molecule has 11 heteroatoms. The van der Waals surface area contributed by atoms with E-state index in [2.05, 4.69) is 43.5 Å². The number of unbranched alkanes of at least 4 members (excludes halogenated alkanes) is 30. The molecule has 0 aromatic rings. The molecule has 8 N–H and O–H groups in total. The lowest BCUT2D eigenvalue weighted by molar-refractivity contribution is -0.303. The number of aliphatic hydroxyl groups is 7. The second kappa shape index (κ2) is 43.8. The number of hydrogen-bond donors (Lipinski definition) is 8. The van der Waals surface area contributed by atoms with Crippen molar-refractivity contribution in [3.8, 4) is 0 Å². The Hall–Kier alpha value is -1.41. The van der Waals surface area contributed by atoms with Gasteiger partial charge in [0.05, 0.1) is 25.4 Å². The predicted molar refractivity (Wildman–Crippen MR) is 266 cm³/mol. The third-order valence-electron chi connectivity index (χ3n) is 13.2. The van der Waals surface area contributed by atoms with Crippen molar-refractivity contribution in [2.75, 3.05) is 13.2 Å². The fraction of sp³-hybridized carbons (Fsp3) is 0.907. The van der Waals surface area contributed by atoms with Crippen LogP contribution in [0.3, 0.4) is 0 Å². The first-order chi connectivity index (χ1) is 31.7. The summed E-state index contributed by atoms with van der Waals surface area (Å²) < 4.78 is 11.1. The molecule has 1 amide bonds. The van der Waals surface area contributed by atoms with Gasteiger partial charge < -0.3 is 50.5 Å². The normalized spacial score (nSPS) is 21.0. The van der Waals surface area contributed by atoms with Gasteiger partial charge in [0.2, 0.25) is 5.91 Å². The molecule has 384 valence electrons. The summed E-state index contributed by atoms with van der Waals surface area (Å²) in [6.07, 6.45) is 40.0. The minimum atomic E-state index is -1.66. The molecule has 9 unspecified atom stereocenters. The standard InChI is InChI=1S/C54H103NO10/c1-3-5-7-9-11-13-14-15-16-17-18-19-20-21-22-23-24-25-26-27-28-29-30-31-32-33-34-36-38-40-42-47(58)53(63)55-45(44-64-54-52(62)51(61)50(60)48(43-56)65-54)49(59)46(57)41-39-37-35-12-10-8-6-4-2/h12,21-22,35,45-52,54,56-62H,3-11,13-20,23-34,36-44H2,1-2H3,(H,55,63)/b22-21-,35-12+. The maximum atomic E-state index is 13.1. The summed E-state index contributed by atoms with van der Waals surface area (Å²) in [5.41, 5.74) is 0. The maximum Gasteiger partial charge on any atom is 0.249 e.